The molecule has 0 saturated carbocycles. The largest absolute Gasteiger partial charge is 0.433 e. The molecule has 25 heavy (non-hydrogen) atoms. The van der Waals surface area contributed by atoms with Crippen molar-refractivity contribution in [1.82, 2.24) is 10.7 Å². The molecule has 0 spiro atoms. The highest BCUT2D eigenvalue weighted by Crippen LogP contribution is 2.28. The molecule has 2 amide bonds. The van der Waals surface area contributed by atoms with E-state index in [1.807, 2.05) is 30.3 Å². The van der Waals surface area contributed by atoms with Crippen LogP contribution >= 0.6 is 0 Å². The van der Waals surface area contributed by atoms with E-state index in [1.54, 1.807) is 0 Å². The van der Waals surface area contributed by atoms with Crippen LogP contribution in [0.3, 0.4) is 0 Å². The second-order valence-corrected chi connectivity index (χ2v) is 5.41. The summed E-state index contributed by atoms with van der Waals surface area (Å²) in [4.78, 5) is 34.2. The number of hydrazone groups is 1. The van der Waals surface area contributed by atoms with Gasteiger partial charge in [0.2, 0.25) is 5.91 Å². The van der Waals surface area contributed by atoms with Gasteiger partial charge in [0.25, 0.3) is 5.91 Å². The van der Waals surface area contributed by atoms with E-state index in [0.717, 1.165) is 11.8 Å². The zero-order valence-electron chi connectivity index (χ0n) is 12.9. The fraction of sp³-hybridized carbons (Fsp3) is 0.188. The Hall–Kier alpha value is -3.49. The Morgan fingerprint density at radius 2 is 2.08 bits per heavy atom. The standard InChI is InChI=1S/C16H14N4O5/c21-15-14(12(9-17-15)10-4-2-1-3-5-10)16(22)19-18-8-11-6-7-13(25-11)20(23)24/h1-8,12,14H,9H2,(H,17,21)(H,19,22)/t12-,14-/m1/s1. The van der Waals surface area contributed by atoms with E-state index in [9.17, 15) is 19.7 Å². The maximum absolute atomic E-state index is 12.3. The van der Waals surface area contributed by atoms with Crippen molar-refractivity contribution in [2.75, 3.05) is 6.54 Å². The van der Waals surface area contributed by atoms with Crippen LogP contribution in [0.15, 0.2) is 52.0 Å². The minimum Gasteiger partial charge on any atom is -0.400 e. The SMILES string of the molecule is O=C1NC[C@H](c2ccccc2)[C@H]1C(=O)NN=Cc1ccc([N+](=O)[O-])o1. The minimum atomic E-state index is -0.898. The van der Waals surface area contributed by atoms with Gasteiger partial charge in [-0.1, -0.05) is 30.3 Å². The van der Waals surface area contributed by atoms with Gasteiger partial charge in [0.05, 0.1) is 12.3 Å². The third-order valence-electron chi connectivity index (χ3n) is 3.85. The van der Waals surface area contributed by atoms with Gasteiger partial charge < -0.3 is 9.73 Å². The summed E-state index contributed by atoms with van der Waals surface area (Å²) in [6, 6.07) is 11.8. The molecule has 1 aromatic carbocycles. The Balaban J connectivity index is 1.67. The van der Waals surface area contributed by atoms with Crippen LogP contribution in [0.25, 0.3) is 0 Å². The smallest absolute Gasteiger partial charge is 0.400 e. The number of amides is 2. The van der Waals surface area contributed by atoms with Gasteiger partial charge in [-0.15, -0.1) is 0 Å². The molecule has 0 unspecified atom stereocenters. The summed E-state index contributed by atoms with van der Waals surface area (Å²) in [5.41, 5.74) is 3.16. The first-order valence-corrected chi connectivity index (χ1v) is 7.46. The van der Waals surface area contributed by atoms with Crippen molar-refractivity contribution in [2.24, 2.45) is 11.0 Å². The molecule has 1 aromatic heterocycles. The molecule has 0 bridgehead atoms. The molecule has 1 aliphatic rings. The van der Waals surface area contributed by atoms with Crippen molar-refractivity contribution >= 4 is 23.9 Å². The quantitative estimate of drug-likeness (QED) is 0.365. The summed E-state index contributed by atoms with van der Waals surface area (Å²) >= 11 is 0. The first kappa shape index (κ1) is 16.4. The van der Waals surface area contributed by atoms with E-state index in [1.165, 1.54) is 12.1 Å². The third kappa shape index (κ3) is 3.55. The van der Waals surface area contributed by atoms with Gasteiger partial charge in [0, 0.05) is 12.5 Å². The Morgan fingerprint density at radius 3 is 2.76 bits per heavy atom. The first-order chi connectivity index (χ1) is 12.1. The average molecular weight is 342 g/mol. The minimum absolute atomic E-state index is 0.113. The van der Waals surface area contributed by atoms with Crippen LogP contribution in [0.1, 0.15) is 17.2 Å². The number of furan rings is 1. The van der Waals surface area contributed by atoms with E-state index in [-0.39, 0.29) is 17.6 Å². The molecule has 2 N–H and O–H groups in total. The number of rotatable bonds is 5. The number of benzene rings is 1. The molecule has 9 nitrogen and oxygen atoms in total. The number of carbonyl (C=O) groups excluding carboxylic acids is 2. The van der Waals surface area contributed by atoms with Crippen molar-refractivity contribution in [3.63, 3.8) is 0 Å². The Kier molecular flexibility index (Phi) is 4.55. The van der Waals surface area contributed by atoms with E-state index < -0.39 is 22.6 Å². The second kappa shape index (κ2) is 6.95. The second-order valence-electron chi connectivity index (χ2n) is 5.41. The molecule has 9 heteroatoms. The number of hydrogen-bond acceptors (Lipinski definition) is 6. The van der Waals surface area contributed by atoms with Gasteiger partial charge in [-0.05, 0) is 11.6 Å². The molecule has 3 rings (SSSR count). The average Bonchev–Trinajstić information content (AvgIpc) is 3.22. The van der Waals surface area contributed by atoms with E-state index >= 15 is 0 Å². The Bertz CT molecular complexity index is 830. The van der Waals surface area contributed by atoms with Gasteiger partial charge in [-0.25, -0.2) is 5.43 Å². The summed E-state index contributed by atoms with van der Waals surface area (Å²) in [5, 5.41) is 16.9. The summed E-state index contributed by atoms with van der Waals surface area (Å²) in [6.45, 7) is 0.370. The number of carbonyl (C=O) groups is 2. The predicted molar refractivity (Wildman–Crippen MR) is 86.8 cm³/mol. The Labute approximate surface area is 141 Å². The number of nitro groups is 1. The first-order valence-electron chi connectivity index (χ1n) is 7.46. The van der Waals surface area contributed by atoms with Gasteiger partial charge in [-0.2, -0.15) is 5.10 Å². The zero-order valence-corrected chi connectivity index (χ0v) is 12.9. The monoisotopic (exact) mass is 342 g/mol. The lowest BCUT2D eigenvalue weighted by Crippen LogP contribution is -2.34. The molecule has 2 heterocycles. The highest BCUT2D eigenvalue weighted by Gasteiger charge is 2.40. The molecule has 128 valence electrons. The van der Waals surface area contributed by atoms with Crippen LogP contribution in [0.4, 0.5) is 5.88 Å². The fourth-order valence-corrected chi connectivity index (χ4v) is 2.67. The van der Waals surface area contributed by atoms with Crippen molar-refractivity contribution in [1.29, 1.82) is 0 Å². The van der Waals surface area contributed by atoms with Crippen molar-refractivity contribution < 1.29 is 18.9 Å². The van der Waals surface area contributed by atoms with Gasteiger partial charge in [0.1, 0.15) is 10.8 Å². The highest BCUT2D eigenvalue weighted by atomic mass is 16.6. The van der Waals surface area contributed by atoms with Crippen LogP contribution in [-0.4, -0.2) is 29.5 Å². The molecular weight excluding hydrogens is 328 g/mol. The maximum Gasteiger partial charge on any atom is 0.433 e. The molecule has 1 fully saturated rings. The fourth-order valence-electron chi connectivity index (χ4n) is 2.67. The number of hydrogen-bond donors (Lipinski definition) is 2. The number of nitrogens with zero attached hydrogens (tertiary/aromatic N) is 2. The molecule has 0 radical (unpaired) electrons. The lowest BCUT2D eigenvalue weighted by atomic mass is 9.88. The zero-order chi connectivity index (χ0) is 17.8. The van der Waals surface area contributed by atoms with Crippen LogP contribution in [0.2, 0.25) is 0 Å². The highest BCUT2D eigenvalue weighted by molar-refractivity contribution is 6.03. The predicted octanol–water partition coefficient (Wildman–Crippen LogP) is 1.17. The van der Waals surface area contributed by atoms with Crippen LogP contribution in [0.5, 0.6) is 0 Å². The summed E-state index contributed by atoms with van der Waals surface area (Å²) < 4.78 is 4.88. The van der Waals surface area contributed by atoms with Crippen LogP contribution in [0, 0.1) is 16.0 Å². The molecule has 1 saturated heterocycles. The lowest BCUT2D eigenvalue weighted by Gasteiger charge is -2.15. The maximum atomic E-state index is 12.3. The molecule has 2 aromatic rings. The van der Waals surface area contributed by atoms with Crippen molar-refractivity contribution in [3.05, 3.63) is 63.9 Å². The third-order valence-corrected chi connectivity index (χ3v) is 3.85. The summed E-state index contributed by atoms with van der Waals surface area (Å²) in [7, 11) is 0. The van der Waals surface area contributed by atoms with Crippen LogP contribution < -0.4 is 10.7 Å². The topological polar surface area (TPSA) is 127 Å². The molecule has 1 aliphatic heterocycles. The normalized spacial score (nSPS) is 19.8. The van der Waals surface area contributed by atoms with Gasteiger partial charge in [0.15, 0.2) is 5.76 Å². The van der Waals surface area contributed by atoms with E-state index in [2.05, 4.69) is 15.8 Å². The molecular formula is C16H14N4O5. The summed E-state index contributed by atoms with van der Waals surface area (Å²) in [5.74, 6) is -2.41. The van der Waals surface area contributed by atoms with Crippen molar-refractivity contribution in [3.8, 4) is 0 Å². The lowest BCUT2D eigenvalue weighted by molar-refractivity contribution is -0.402. The van der Waals surface area contributed by atoms with Gasteiger partial charge in [-0.3, -0.25) is 19.7 Å². The van der Waals surface area contributed by atoms with Gasteiger partial charge >= 0.3 is 5.88 Å². The van der Waals surface area contributed by atoms with Crippen LogP contribution in [-0.2, 0) is 9.59 Å². The van der Waals surface area contributed by atoms with Crippen molar-refractivity contribution in [2.45, 2.75) is 5.92 Å². The molecule has 0 aliphatic carbocycles. The van der Waals surface area contributed by atoms with E-state index in [0.29, 0.717) is 6.54 Å². The summed E-state index contributed by atoms with van der Waals surface area (Å²) in [6.07, 6.45) is 1.13. The Morgan fingerprint density at radius 1 is 1.32 bits per heavy atom. The molecule has 2 atom stereocenters. The van der Waals surface area contributed by atoms with E-state index in [4.69, 9.17) is 4.42 Å². The number of nitrogens with one attached hydrogen (secondary N) is 2.